The third kappa shape index (κ3) is 3.24. The van der Waals surface area contributed by atoms with Gasteiger partial charge in [-0.3, -0.25) is 4.79 Å². The van der Waals surface area contributed by atoms with Crippen molar-refractivity contribution in [3.05, 3.63) is 53.3 Å². The van der Waals surface area contributed by atoms with Crippen LogP contribution in [0.1, 0.15) is 21.6 Å². The van der Waals surface area contributed by atoms with Crippen molar-refractivity contribution in [1.82, 2.24) is 4.98 Å². The van der Waals surface area contributed by atoms with Crippen LogP contribution in [-0.2, 0) is 0 Å². The van der Waals surface area contributed by atoms with Crippen LogP contribution in [0.5, 0.6) is 0 Å². The highest BCUT2D eigenvalue weighted by atomic mass is 16.2. The van der Waals surface area contributed by atoms with Crippen molar-refractivity contribution >= 4 is 11.6 Å². The van der Waals surface area contributed by atoms with Gasteiger partial charge in [0.2, 0.25) is 0 Å². The van der Waals surface area contributed by atoms with Gasteiger partial charge in [-0.1, -0.05) is 17.9 Å². The molecule has 96 valence electrons. The van der Waals surface area contributed by atoms with E-state index in [-0.39, 0.29) is 12.5 Å². The number of carbonyl (C=O) groups excluding carboxylic acids is 1. The second-order valence-corrected chi connectivity index (χ2v) is 4.03. The molecule has 1 aromatic heterocycles. The Morgan fingerprint density at radius 1 is 1.42 bits per heavy atom. The molecule has 0 aliphatic heterocycles. The number of amides is 1. The molecule has 1 amide bonds. The standard InChI is InChI=1S/C15H14N2O2/c1-11-6-7-13(10-12(11)4-3-9-18)17-15(19)14-5-2-8-16-14/h2,5-8,10,16,18H,9H2,1H3,(H,17,19). The number of nitrogens with one attached hydrogen (secondary N) is 2. The number of aliphatic hydroxyl groups is 1. The van der Waals surface area contributed by atoms with Crippen molar-refractivity contribution < 1.29 is 9.90 Å². The van der Waals surface area contributed by atoms with Gasteiger partial charge in [0, 0.05) is 17.4 Å². The molecule has 1 aromatic carbocycles. The lowest BCUT2D eigenvalue weighted by atomic mass is 10.1. The zero-order valence-corrected chi connectivity index (χ0v) is 10.5. The lowest BCUT2D eigenvalue weighted by Crippen LogP contribution is -2.12. The number of aromatic amines is 1. The Morgan fingerprint density at radius 2 is 2.26 bits per heavy atom. The fraction of sp³-hybridized carbons (Fsp3) is 0.133. The minimum atomic E-state index is -0.199. The van der Waals surface area contributed by atoms with Crippen molar-refractivity contribution in [1.29, 1.82) is 0 Å². The summed E-state index contributed by atoms with van der Waals surface area (Å²) in [5, 5.41) is 11.5. The molecule has 0 radical (unpaired) electrons. The first-order chi connectivity index (χ1) is 9.20. The predicted octanol–water partition coefficient (Wildman–Crippen LogP) is 1.92. The summed E-state index contributed by atoms with van der Waals surface area (Å²) in [4.78, 5) is 14.7. The average molecular weight is 254 g/mol. The van der Waals surface area contributed by atoms with Crippen LogP contribution in [0.25, 0.3) is 0 Å². The van der Waals surface area contributed by atoms with E-state index in [4.69, 9.17) is 5.11 Å². The number of H-pyrrole nitrogens is 1. The summed E-state index contributed by atoms with van der Waals surface area (Å²) in [6, 6.07) is 8.96. The van der Waals surface area contributed by atoms with Crippen molar-refractivity contribution in [2.24, 2.45) is 0 Å². The van der Waals surface area contributed by atoms with E-state index in [1.807, 2.05) is 19.1 Å². The van der Waals surface area contributed by atoms with Crippen LogP contribution in [0.3, 0.4) is 0 Å². The largest absolute Gasteiger partial charge is 0.384 e. The summed E-state index contributed by atoms with van der Waals surface area (Å²) in [7, 11) is 0. The van der Waals surface area contributed by atoms with Crippen molar-refractivity contribution in [2.45, 2.75) is 6.92 Å². The minimum Gasteiger partial charge on any atom is -0.384 e. The Labute approximate surface area is 111 Å². The smallest absolute Gasteiger partial charge is 0.272 e. The molecule has 0 unspecified atom stereocenters. The van der Waals surface area contributed by atoms with E-state index in [1.54, 1.807) is 24.4 Å². The first-order valence-corrected chi connectivity index (χ1v) is 5.86. The highest BCUT2D eigenvalue weighted by Gasteiger charge is 2.07. The highest BCUT2D eigenvalue weighted by Crippen LogP contribution is 2.15. The zero-order chi connectivity index (χ0) is 13.7. The summed E-state index contributed by atoms with van der Waals surface area (Å²) in [6.07, 6.45) is 1.70. The number of aryl methyl sites for hydroxylation is 1. The molecule has 0 saturated carbocycles. The van der Waals surface area contributed by atoms with E-state index in [0.717, 1.165) is 11.1 Å². The maximum atomic E-state index is 11.9. The highest BCUT2D eigenvalue weighted by molar-refractivity contribution is 6.03. The Hall–Kier alpha value is -2.51. The molecule has 0 fully saturated rings. The predicted molar refractivity (Wildman–Crippen MR) is 73.9 cm³/mol. The Balaban J connectivity index is 2.19. The molecule has 0 aliphatic carbocycles. The van der Waals surface area contributed by atoms with Crippen molar-refractivity contribution in [3.63, 3.8) is 0 Å². The van der Waals surface area contributed by atoms with Crippen LogP contribution < -0.4 is 5.32 Å². The molecular formula is C15H14N2O2. The number of anilines is 1. The van der Waals surface area contributed by atoms with Gasteiger partial charge in [0.25, 0.3) is 5.91 Å². The number of rotatable bonds is 2. The van der Waals surface area contributed by atoms with Gasteiger partial charge in [-0.2, -0.15) is 0 Å². The lowest BCUT2D eigenvalue weighted by molar-refractivity contribution is 0.102. The van der Waals surface area contributed by atoms with Gasteiger partial charge in [-0.05, 0) is 36.8 Å². The fourth-order valence-electron chi connectivity index (χ4n) is 1.64. The number of hydrogen-bond donors (Lipinski definition) is 3. The fourth-order valence-corrected chi connectivity index (χ4v) is 1.64. The Bertz CT molecular complexity index is 634. The van der Waals surface area contributed by atoms with E-state index in [2.05, 4.69) is 22.1 Å². The maximum absolute atomic E-state index is 11.9. The molecule has 4 heteroatoms. The van der Waals surface area contributed by atoms with Crippen molar-refractivity contribution in [3.8, 4) is 11.8 Å². The van der Waals surface area contributed by atoms with Gasteiger partial charge < -0.3 is 15.4 Å². The summed E-state index contributed by atoms with van der Waals surface area (Å²) in [5.74, 6) is 5.25. The summed E-state index contributed by atoms with van der Waals surface area (Å²) < 4.78 is 0. The first kappa shape index (κ1) is 12.9. The summed E-state index contributed by atoms with van der Waals surface area (Å²) in [6.45, 7) is 1.75. The normalized spacial score (nSPS) is 9.58. The number of aromatic nitrogens is 1. The molecule has 2 rings (SSSR count). The van der Waals surface area contributed by atoms with Gasteiger partial charge in [0.05, 0.1) is 0 Å². The molecular weight excluding hydrogens is 240 g/mol. The molecule has 0 aliphatic rings. The minimum absolute atomic E-state index is 0.182. The summed E-state index contributed by atoms with van der Waals surface area (Å²) >= 11 is 0. The second kappa shape index (κ2) is 5.89. The van der Waals surface area contributed by atoms with Crippen molar-refractivity contribution in [2.75, 3.05) is 11.9 Å². The van der Waals surface area contributed by atoms with Crippen LogP contribution in [0.2, 0.25) is 0 Å². The van der Waals surface area contributed by atoms with Crippen LogP contribution >= 0.6 is 0 Å². The lowest BCUT2D eigenvalue weighted by Gasteiger charge is -2.06. The molecule has 4 nitrogen and oxygen atoms in total. The van der Waals surface area contributed by atoms with E-state index in [0.29, 0.717) is 11.4 Å². The van der Waals surface area contributed by atoms with Crippen LogP contribution in [0.15, 0.2) is 36.5 Å². The number of hydrogen-bond acceptors (Lipinski definition) is 2. The average Bonchev–Trinajstić information content (AvgIpc) is 2.93. The van der Waals surface area contributed by atoms with Gasteiger partial charge in [-0.25, -0.2) is 0 Å². The molecule has 1 heterocycles. The molecule has 2 aromatic rings. The maximum Gasteiger partial charge on any atom is 0.272 e. The molecule has 0 bridgehead atoms. The van der Waals surface area contributed by atoms with E-state index < -0.39 is 0 Å². The molecule has 0 saturated heterocycles. The quantitative estimate of drug-likeness (QED) is 0.717. The Kier molecular flexibility index (Phi) is 4.01. The molecule has 3 N–H and O–H groups in total. The molecule has 19 heavy (non-hydrogen) atoms. The van der Waals surface area contributed by atoms with Gasteiger partial charge in [0.15, 0.2) is 0 Å². The Morgan fingerprint density at radius 3 is 2.95 bits per heavy atom. The van der Waals surface area contributed by atoms with Gasteiger partial charge in [0.1, 0.15) is 12.3 Å². The third-order valence-electron chi connectivity index (χ3n) is 2.64. The summed E-state index contributed by atoms with van der Waals surface area (Å²) in [5.41, 5.74) is 2.97. The topological polar surface area (TPSA) is 65.1 Å². The first-order valence-electron chi connectivity index (χ1n) is 5.86. The van der Waals surface area contributed by atoms with Gasteiger partial charge in [-0.15, -0.1) is 0 Å². The molecule has 0 atom stereocenters. The zero-order valence-electron chi connectivity index (χ0n) is 10.5. The van der Waals surface area contributed by atoms with E-state index >= 15 is 0 Å². The molecule has 0 spiro atoms. The van der Waals surface area contributed by atoms with Crippen LogP contribution in [0, 0.1) is 18.8 Å². The van der Waals surface area contributed by atoms with E-state index in [9.17, 15) is 4.79 Å². The van der Waals surface area contributed by atoms with E-state index in [1.165, 1.54) is 0 Å². The monoisotopic (exact) mass is 254 g/mol. The number of aliphatic hydroxyl groups excluding tert-OH is 1. The third-order valence-corrected chi connectivity index (χ3v) is 2.64. The van der Waals surface area contributed by atoms with Gasteiger partial charge >= 0.3 is 0 Å². The SMILES string of the molecule is Cc1ccc(NC(=O)c2ccc[nH]2)cc1C#CCO. The van der Waals surface area contributed by atoms with Crippen LogP contribution in [0.4, 0.5) is 5.69 Å². The van der Waals surface area contributed by atoms with Crippen LogP contribution in [-0.4, -0.2) is 22.6 Å². The second-order valence-electron chi connectivity index (χ2n) is 4.03. The number of benzene rings is 1. The number of carbonyl (C=O) groups is 1.